The van der Waals surface area contributed by atoms with Crippen LogP contribution in [0.4, 0.5) is 0 Å². The van der Waals surface area contributed by atoms with Crippen LogP contribution in [0.1, 0.15) is 30.2 Å². The molecule has 0 bridgehead atoms. The summed E-state index contributed by atoms with van der Waals surface area (Å²) in [5.41, 5.74) is 0.155. The first-order chi connectivity index (χ1) is 9.99. The third kappa shape index (κ3) is 3.53. The summed E-state index contributed by atoms with van der Waals surface area (Å²) in [6.45, 7) is 4.69. The summed E-state index contributed by atoms with van der Waals surface area (Å²) in [4.78, 5) is 22.7. The van der Waals surface area contributed by atoms with Crippen molar-refractivity contribution in [2.75, 3.05) is 6.61 Å². The van der Waals surface area contributed by atoms with Gasteiger partial charge in [-0.15, -0.1) is 0 Å². The van der Waals surface area contributed by atoms with Gasteiger partial charge < -0.3 is 9.84 Å². The van der Waals surface area contributed by atoms with E-state index in [0.29, 0.717) is 18.9 Å². The van der Waals surface area contributed by atoms with Gasteiger partial charge in [0.15, 0.2) is 0 Å². The van der Waals surface area contributed by atoms with Gasteiger partial charge in [0.05, 0.1) is 12.1 Å². The van der Waals surface area contributed by atoms with Crippen LogP contribution in [0.5, 0.6) is 5.75 Å². The quantitative estimate of drug-likeness (QED) is 0.883. The van der Waals surface area contributed by atoms with Crippen LogP contribution in [0.2, 0.25) is 0 Å². The Bertz CT molecular complexity index is 668. The van der Waals surface area contributed by atoms with Crippen molar-refractivity contribution < 1.29 is 14.6 Å². The molecule has 0 unspecified atom stereocenters. The Labute approximate surface area is 122 Å². The zero-order valence-corrected chi connectivity index (χ0v) is 12.0. The van der Waals surface area contributed by atoms with Crippen molar-refractivity contribution in [2.24, 2.45) is 0 Å². The fourth-order valence-corrected chi connectivity index (χ4v) is 1.95. The lowest BCUT2D eigenvalue weighted by Crippen LogP contribution is -2.26. The molecule has 2 rings (SSSR count). The van der Waals surface area contributed by atoms with Crippen LogP contribution in [0.3, 0.4) is 0 Å². The minimum atomic E-state index is -0.969. The van der Waals surface area contributed by atoms with Crippen LogP contribution in [-0.2, 0) is 6.54 Å². The minimum Gasteiger partial charge on any atom is -0.492 e. The molecule has 0 fully saturated rings. The number of aromatic nitrogens is 2. The molecule has 1 heterocycles. The highest BCUT2D eigenvalue weighted by Crippen LogP contribution is 2.12. The highest BCUT2D eigenvalue weighted by Gasteiger charge is 2.06. The van der Waals surface area contributed by atoms with Gasteiger partial charge in [0.25, 0.3) is 0 Å². The number of nitrogens with zero attached hydrogens (tertiary/aromatic N) is 2. The van der Waals surface area contributed by atoms with E-state index in [1.165, 1.54) is 12.1 Å². The summed E-state index contributed by atoms with van der Waals surface area (Å²) in [6.07, 6.45) is 3.49. The van der Waals surface area contributed by atoms with Gasteiger partial charge in [-0.25, -0.2) is 9.59 Å². The van der Waals surface area contributed by atoms with E-state index >= 15 is 0 Å². The molecular weight excluding hydrogens is 272 g/mol. The first-order valence-electron chi connectivity index (χ1n) is 6.72. The molecule has 0 aliphatic rings. The molecule has 1 N–H and O–H groups in total. The normalized spacial score (nSPS) is 10.8. The van der Waals surface area contributed by atoms with Gasteiger partial charge in [-0.1, -0.05) is 0 Å². The molecule has 0 amide bonds. The zero-order chi connectivity index (χ0) is 15.4. The molecule has 0 aliphatic heterocycles. The van der Waals surface area contributed by atoms with Crippen LogP contribution in [0.15, 0.2) is 41.5 Å². The Morgan fingerprint density at radius 3 is 2.43 bits per heavy atom. The van der Waals surface area contributed by atoms with Crippen molar-refractivity contribution in [3.05, 3.63) is 52.7 Å². The second kappa shape index (κ2) is 6.30. The second-order valence-electron chi connectivity index (χ2n) is 4.95. The number of carbonyl (C=O) groups is 1. The number of hydrogen-bond acceptors (Lipinski definition) is 3. The van der Waals surface area contributed by atoms with E-state index in [0.717, 1.165) is 0 Å². The van der Waals surface area contributed by atoms with Gasteiger partial charge in [-0.2, -0.15) is 0 Å². The number of imidazole rings is 1. The third-order valence-electron chi connectivity index (χ3n) is 3.13. The first kappa shape index (κ1) is 14.9. The molecule has 0 saturated heterocycles. The highest BCUT2D eigenvalue weighted by molar-refractivity contribution is 5.87. The van der Waals surface area contributed by atoms with Gasteiger partial charge in [0.1, 0.15) is 12.4 Å². The lowest BCUT2D eigenvalue weighted by molar-refractivity contribution is 0.0697. The van der Waals surface area contributed by atoms with Crippen molar-refractivity contribution in [1.82, 2.24) is 9.13 Å². The fourth-order valence-electron chi connectivity index (χ4n) is 1.95. The second-order valence-corrected chi connectivity index (χ2v) is 4.95. The third-order valence-corrected chi connectivity index (χ3v) is 3.13. The summed E-state index contributed by atoms with van der Waals surface area (Å²) in [5, 5.41) is 8.80. The molecule has 6 heteroatoms. The summed E-state index contributed by atoms with van der Waals surface area (Å²) in [7, 11) is 0. The standard InChI is InChI=1S/C15H18N2O4/c1-11(2)17-8-7-16(15(17)20)9-10-21-13-5-3-12(4-6-13)14(18)19/h3-8,11H,9-10H2,1-2H3,(H,18,19). The molecule has 0 spiro atoms. The van der Waals surface area contributed by atoms with Gasteiger partial charge in [-0.3, -0.25) is 9.13 Å². The van der Waals surface area contributed by atoms with Crippen molar-refractivity contribution in [2.45, 2.75) is 26.4 Å². The largest absolute Gasteiger partial charge is 0.492 e. The summed E-state index contributed by atoms with van der Waals surface area (Å²) in [5.74, 6) is -0.389. The first-order valence-corrected chi connectivity index (χ1v) is 6.72. The number of ether oxygens (including phenoxy) is 1. The SMILES string of the molecule is CC(C)n1ccn(CCOc2ccc(C(=O)O)cc2)c1=O. The van der Waals surface area contributed by atoms with Crippen molar-refractivity contribution in [3.8, 4) is 5.75 Å². The van der Waals surface area contributed by atoms with E-state index in [4.69, 9.17) is 9.84 Å². The molecular formula is C15H18N2O4. The van der Waals surface area contributed by atoms with Gasteiger partial charge >= 0.3 is 11.7 Å². The lowest BCUT2D eigenvalue weighted by Gasteiger charge is -2.07. The van der Waals surface area contributed by atoms with Gasteiger partial charge in [0.2, 0.25) is 0 Å². The van der Waals surface area contributed by atoms with E-state index in [9.17, 15) is 9.59 Å². The molecule has 0 saturated carbocycles. The van der Waals surface area contributed by atoms with E-state index in [1.807, 2.05) is 13.8 Å². The average Bonchev–Trinajstić information content (AvgIpc) is 2.81. The smallest absolute Gasteiger partial charge is 0.335 e. The van der Waals surface area contributed by atoms with E-state index < -0.39 is 5.97 Å². The maximum Gasteiger partial charge on any atom is 0.335 e. The van der Waals surface area contributed by atoms with Crippen molar-refractivity contribution in [3.63, 3.8) is 0 Å². The van der Waals surface area contributed by atoms with E-state index in [-0.39, 0.29) is 17.3 Å². The van der Waals surface area contributed by atoms with Crippen molar-refractivity contribution >= 4 is 5.97 Å². The summed E-state index contributed by atoms with van der Waals surface area (Å²) < 4.78 is 8.75. The van der Waals surface area contributed by atoms with Crippen LogP contribution in [-0.4, -0.2) is 26.8 Å². The Balaban J connectivity index is 1.92. The Morgan fingerprint density at radius 1 is 1.24 bits per heavy atom. The molecule has 0 atom stereocenters. The molecule has 1 aromatic carbocycles. The Hall–Kier alpha value is -2.50. The van der Waals surface area contributed by atoms with Crippen LogP contribution in [0, 0.1) is 0 Å². The molecule has 0 aliphatic carbocycles. The molecule has 6 nitrogen and oxygen atoms in total. The molecule has 2 aromatic rings. The molecule has 112 valence electrons. The molecule has 0 radical (unpaired) electrons. The monoisotopic (exact) mass is 290 g/mol. The number of benzene rings is 1. The summed E-state index contributed by atoms with van der Waals surface area (Å²) in [6, 6.07) is 6.30. The number of hydrogen-bond donors (Lipinski definition) is 1. The van der Waals surface area contributed by atoms with E-state index in [1.54, 1.807) is 33.7 Å². The molecule has 1 aromatic heterocycles. The fraction of sp³-hybridized carbons (Fsp3) is 0.333. The van der Waals surface area contributed by atoms with Gasteiger partial charge in [-0.05, 0) is 38.1 Å². The van der Waals surface area contributed by atoms with E-state index in [2.05, 4.69) is 0 Å². The van der Waals surface area contributed by atoms with Crippen molar-refractivity contribution in [1.29, 1.82) is 0 Å². The zero-order valence-electron chi connectivity index (χ0n) is 12.0. The van der Waals surface area contributed by atoms with Gasteiger partial charge in [0, 0.05) is 18.4 Å². The average molecular weight is 290 g/mol. The minimum absolute atomic E-state index is 0.0603. The number of aromatic carboxylic acids is 1. The molecule has 21 heavy (non-hydrogen) atoms. The maximum atomic E-state index is 12.0. The number of rotatable bonds is 6. The Morgan fingerprint density at radius 2 is 1.90 bits per heavy atom. The van der Waals surface area contributed by atoms with Crippen LogP contribution in [0.25, 0.3) is 0 Å². The predicted molar refractivity (Wildman–Crippen MR) is 78.0 cm³/mol. The lowest BCUT2D eigenvalue weighted by atomic mass is 10.2. The number of carboxylic acid groups (broad SMARTS) is 1. The Kier molecular flexibility index (Phi) is 4.47. The van der Waals surface area contributed by atoms with Crippen LogP contribution < -0.4 is 10.4 Å². The summed E-state index contributed by atoms with van der Waals surface area (Å²) >= 11 is 0. The van der Waals surface area contributed by atoms with Crippen LogP contribution >= 0.6 is 0 Å². The number of carboxylic acids is 1. The maximum absolute atomic E-state index is 12.0. The predicted octanol–water partition coefficient (Wildman–Crippen LogP) is 2.01. The topological polar surface area (TPSA) is 73.5 Å². The highest BCUT2D eigenvalue weighted by atomic mass is 16.5.